The van der Waals surface area contributed by atoms with Crippen LogP contribution in [0.5, 0.6) is 11.5 Å². The fraction of sp³-hybridized carbons (Fsp3) is 0.455. The second kappa shape index (κ2) is 6.32. The van der Waals surface area contributed by atoms with E-state index in [1.54, 1.807) is 12.1 Å². The van der Waals surface area contributed by atoms with Crippen LogP contribution in [-0.4, -0.2) is 10.2 Å². The third kappa shape index (κ3) is 4.01. The van der Waals surface area contributed by atoms with E-state index in [1.807, 2.05) is 31.2 Å². The smallest absolute Gasteiger partial charge is 0.120 e. The van der Waals surface area contributed by atoms with Crippen molar-refractivity contribution in [3.05, 3.63) is 58.7 Å². The maximum Gasteiger partial charge on any atom is 0.120 e. The predicted molar refractivity (Wildman–Crippen MR) is 110 cm³/mol. The molecule has 2 rings (SSSR count). The van der Waals surface area contributed by atoms with Crippen molar-refractivity contribution in [3.8, 4) is 11.5 Å². The van der Waals surface area contributed by atoms with Gasteiger partial charge in [0.05, 0.1) is 0 Å². The lowest BCUT2D eigenvalue weighted by atomic mass is 9.80. The van der Waals surface area contributed by atoms with Crippen LogP contribution in [0, 0.1) is 0 Å². The molecule has 0 saturated carbocycles. The van der Waals surface area contributed by atoms with Crippen LogP contribution in [0.3, 0.4) is 0 Å². The van der Waals surface area contributed by atoms with Crippen molar-refractivity contribution in [2.24, 2.45) is 0 Å². The Morgan fingerprint density at radius 1 is 0.640 bits per heavy atom. The lowest BCUT2D eigenvalue weighted by molar-refractivity contribution is 0.450. The molecule has 0 aromatic heterocycles. The summed E-state index contributed by atoms with van der Waals surface area (Å²) in [4.78, 5) is 0. The van der Waals surface area contributed by atoms with Gasteiger partial charge in [0.15, 0.2) is 0 Å². The maximum absolute atomic E-state index is 10.5. The van der Waals surface area contributed by atoms with Crippen molar-refractivity contribution in [2.45, 2.75) is 64.5 Å². The van der Waals surface area contributed by atoms with E-state index in [9.17, 15) is 10.2 Å². The highest BCUT2D eigenvalue weighted by Gasteiger charge is 2.31. The number of benzene rings is 2. The summed E-state index contributed by atoms with van der Waals surface area (Å²) in [6, 6.07) is 11.5. The van der Waals surface area contributed by atoms with Crippen molar-refractivity contribution in [2.75, 3.05) is 0 Å². The SMILES string of the molecule is CC(C)(C)c1ccc(O)c(C(C)(P)c2cc(C(C)(C)C)ccc2O)c1. The zero-order chi connectivity index (χ0) is 19.2. The molecular weight excluding hydrogens is 327 g/mol. The Hall–Kier alpha value is -1.53. The van der Waals surface area contributed by atoms with Crippen molar-refractivity contribution in [3.63, 3.8) is 0 Å². The Balaban J connectivity index is 2.67. The standard InChI is InChI=1S/C22H31O2P/c1-20(2,3)14-8-10-18(23)16(12-14)22(7,25)17-13-15(21(4,5)6)9-11-19(17)24/h8-13,23-24H,25H2,1-7H3. The minimum atomic E-state index is -0.601. The van der Waals surface area contributed by atoms with Crippen molar-refractivity contribution in [1.82, 2.24) is 0 Å². The summed E-state index contributed by atoms with van der Waals surface area (Å²) in [5, 5.41) is 20.4. The van der Waals surface area contributed by atoms with Crippen LogP contribution < -0.4 is 0 Å². The highest BCUT2D eigenvalue weighted by Crippen LogP contribution is 2.47. The lowest BCUT2D eigenvalue weighted by Crippen LogP contribution is -2.20. The van der Waals surface area contributed by atoms with Gasteiger partial charge in [-0.05, 0) is 41.0 Å². The monoisotopic (exact) mass is 358 g/mol. The van der Waals surface area contributed by atoms with Gasteiger partial charge < -0.3 is 10.2 Å². The largest absolute Gasteiger partial charge is 0.508 e. The minimum Gasteiger partial charge on any atom is -0.508 e. The quantitative estimate of drug-likeness (QED) is 0.663. The highest BCUT2D eigenvalue weighted by molar-refractivity contribution is 7.19. The Bertz CT molecular complexity index is 712. The second-order valence-corrected chi connectivity index (χ2v) is 10.3. The molecule has 1 unspecified atom stereocenters. The van der Waals surface area contributed by atoms with Crippen LogP contribution in [0.25, 0.3) is 0 Å². The summed E-state index contributed by atoms with van der Waals surface area (Å²) >= 11 is 0. The zero-order valence-corrected chi connectivity index (χ0v) is 17.6. The number of hydrogen-bond donors (Lipinski definition) is 2. The third-order valence-electron chi connectivity index (χ3n) is 4.84. The van der Waals surface area contributed by atoms with Gasteiger partial charge in [-0.25, -0.2) is 0 Å². The van der Waals surface area contributed by atoms with Crippen LogP contribution in [-0.2, 0) is 16.0 Å². The highest BCUT2D eigenvalue weighted by atomic mass is 31.0. The molecule has 0 aliphatic heterocycles. The second-order valence-electron chi connectivity index (χ2n) is 9.17. The van der Waals surface area contributed by atoms with E-state index in [0.717, 1.165) is 22.3 Å². The summed E-state index contributed by atoms with van der Waals surface area (Å²) in [6.45, 7) is 14.9. The van der Waals surface area contributed by atoms with Crippen LogP contribution in [0.2, 0.25) is 0 Å². The molecular formula is C22H31O2P. The van der Waals surface area contributed by atoms with Gasteiger partial charge in [-0.3, -0.25) is 0 Å². The minimum absolute atomic E-state index is 0.0154. The van der Waals surface area contributed by atoms with Gasteiger partial charge in [-0.2, -0.15) is 0 Å². The number of hydrogen-bond acceptors (Lipinski definition) is 2. The molecule has 0 radical (unpaired) electrons. The molecule has 0 amide bonds. The van der Waals surface area contributed by atoms with Crippen molar-refractivity contribution < 1.29 is 10.2 Å². The summed E-state index contributed by atoms with van der Waals surface area (Å²) < 4.78 is 0. The maximum atomic E-state index is 10.5. The first-order chi connectivity index (χ1) is 11.2. The number of phenols is 2. The van der Waals surface area contributed by atoms with Gasteiger partial charge >= 0.3 is 0 Å². The van der Waals surface area contributed by atoms with Crippen molar-refractivity contribution in [1.29, 1.82) is 0 Å². The number of phenolic OH excluding ortho intramolecular Hbond substituents is 2. The molecule has 3 heteroatoms. The van der Waals surface area contributed by atoms with E-state index in [-0.39, 0.29) is 22.3 Å². The molecule has 0 aliphatic rings. The van der Waals surface area contributed by atoms with Gasteiger partial charge in [0.25, 0.3) is 0 Å². The number of aromatic hydroxyl groups is 2. The number of rotatable bonds is 2. The first kappa shape index (κ1) is 19.8. The van der Waals surface area contributed by atoms with Crippen LogP contribution >= 0.6 is 9.24 Å². The Morgan fingerprint density at radius 3 is 1.24 bits per heavy atom. The molecule has 2 N–H and O–H groups in total. The fourth-order valence-electron chi connectivity index (χ4n) is 2.98. The molecule has 2 aromatic carbocycles. The molecule has 0 aliphatic carbocycles. The summed E-state index contributed by atoms with van der Waals surface area (Å²) in [7, 11) is 2.82. The molecule has 0 saturated heterocycles. The molecule has 0 bridgehead atoms. The predicted octanol–water partition coefficient (Wildman–Crippen LogP) is 5.83. The summed E-state index contributed by atoms with van der Waals surface area (Å²) in [5.74, 6) is 0.483. The Morgan fingerprint density at radius 2 is 0.960 bits per heavy atom. The fourth-order valence-corrected chi connectivity index (χ4v) is 3.44. The molecule has 2 aromatic rings. The van der Waals surface area contributed by atoms with E-state index in [0.29, 0.717) is 0 Å². The average Bonchev–Trinajstić information content (AvgIpc) is 2.45. The summed E-state index contributed by atoms with van der Waals surface area (Å²) in [6.07, 6.45) is 0. The molecule has 1 atom stereocenters. The lowest BCUT2D eigenvalue weighted by Gasteiger charge is -2.31. The van der Waals surface area contributed by atoms with Gasteiger partial charge in [0.1, 0.15) is 11.5 Å². The van der Waals surface area contributed by atoms with E-state index in [1.165, 1.54) is 0 Å². The van der Waals surface area contributed by atoms with E-state index in [4.69, 9.17) is 0 Å². The van der Waals surface area contributed by atoms with E-state index >= 15 is 0 Å². The Labute approximate surface area is 154 Å². The molecule has 0 heterocycles. The van der Waals surface area contributed by atoms with E-state index in [2.05, 4.69) is 50.8 Å². The van der Waals surface area contributed by atoms with Crippen LogP contribution in [0.4, 0.5) is 0 Å². The van der Waals surface area contributed by atoms with Gasteiger partial charge in [-0.15, -0.1) is 9.24 Å². The van der Waals surface area contributed by atoms with E-state index < -0.39 is 5.16 Å². The zero-order valence-electron chi connectivity index (χ0n) is 16.4. The molecule has 0 spiro atoms. The first-order valence-electron chi connectivity index (χ1n) is 8.71. The Kier molecular flexibility index (Phi) is 5.01. The topological polar surface area (TPSA) is 40.5 Å². The molecule has 2 nitrogen and oxygen atoms in total. The molecule has 136 valence electrons. The van der Waals surface area contributed by atoms with Crippen molar-refractivity contribution >= 4 is 9.24 Å². The third-order valence-corrected chi connectivity index (χ3v) is 5.47. The van der Waals surface area contributed by atoms with Gasteiger partial charge in [-0.1, -0.05) is 65.8 Å². The van der Waals surface area contributed by atoms with Crippen LogP contribution in [0.1, 0.15) is 70.7 Å². The normalized spacial score (nSPS) is 13.1. The van der Waals surface area contributed by atoms with Gasteiger partial charge in [0, 0.05) is 16.3 Å². The molecule has 0 fully saturated rings. The average molecular weight is 358 g/mol. The molecule has 25 heavy (non-hydrogen) atoms. The van der Waals surface area contributed by atoms with Gasteiger partial charge in [0.2, 0.25) is 0 Å². The van der Waals surface area contributed by atoms with Crippen LogP contribution in [0.15, 0.2) is 36.4 Å². The summed E-state index contributed by atoms with van der Waals surface area (Å²) in [5.41, 5.74) is 3.87. The first-order valence-corrected chi connectivity index (χ1v) is 9.29.